The predicted octanol–water partition coefficient (Wildman–Crippen LogP) is 4.89. The molecule has 1 amide bonds. The van der Waals surface area contributed by atoms with Crippen LogP contribution >= 0.6 is 34.4 Å². The van der Waals surface area contributed by atoms with Crippen LogP contribution in [-0.4, -0.2) is 39.2 Å². The van der Waals surface area contributed by atoms with Gasteiger partial charge in [-0.3, -0.25) is 14.2 Å². The third-order valence-electron chi connectivity index (χ3n) is 4.28. The van der Waals surface area contributed by atoms with Gasteiger partial charge in [0.05, 0.1) is 11.1 Å². The van der Waals surface area contributed by atoms with E-state index in [0.717, 1.165) is 16.0 Å². The SMILES string of the molecule is C=CCn1c(SCC(=O)N(CC)CC(=C)C)nc2scc(-c3cccs3)c2c1=O. The average molecular weight is 446 g/mol. The summed E-state index contributed by atoms with van der Waals surface area (Å²) >= 11 is 4.35. The second-order valence-electron chi connectivity index (χ2n) is 6.56. The summed E-state index contributed by atoms with van der Waals surface area (Å²) in [6, 6.07) is 3.98. The monoisotopic (exact) mass is 445 g/mol. The molecule has 0 fully saturated rings. The van der Waals surface area contributed by atoms with Crippen LogP contribution in [0.25, 0.3) is 20.7 Å². The van der Waals surface area contributed by atoms with Gasteiger partial charge >= 0.3 is 0 Å². The van der Waals surface area contributed by atoms with E-state index in [1.165, 1.54) is 23.1 Å². The number of hydrogen-bond donors (Lipinski definition) is 0. The highest BCUT2D eigenvalue weighted by atomic mass is 32.2. The highest BCUT2D eigenvalue weighted by Crippen LogP contribution is 2.34. The highest BCUT2D eigenvalue weighted by Gasteiger charge is 2.19. The van der Waals surface area contributed by atoms with Gasteiger partial charge < -0.3 is 4.90 Å². The molecule has 0 radical (unpaired) electrons. The van der Waals surface area contributed by atoms with Crippen molar-refractivity contribution in [1.29, 1.82) is 0 Å². The molecule has 0 aliphatic carbocycles. The molecule has 0 atom stereocenters. The first kappa shape index (κ1) is 21.5. The minimum Gasteiger partial charge on any atom is -0.338 e. The van der Waals surface area contributed by atoms with Gasteiger partial charge in [-0.1, -0.05) is 36.1 Å². The molecule has 0 saturated heterocycles. The van der Waals surface area contributed by atoms with Gasteiger partial charge in [0.2, 0.25) is 5.91 Å². The fourth-order valence-electron chi connectivity index (χ4n) is 2.94. The molecule has 3 rings (SSSR count). The Labute approximate surface area is 182 Å². The van der Waals surface area contributed by atoms with Gasteiger partial charge in [0.15, 0.2) is 5.16 Å². The summed E-state index contributed by atoms with van der Waals surface area (Å²) in [5.74, 6) is 0.227. The van der Waals surface area contributed by atoms with E-state index in [1.807, 2.05) is 36.7 Å². The number of allylic oxidation sites excluding steroid dienone is 1. The maximum atomic E-state index is 13.3. The van der Waals surface area contributed by atoms with Crippen LogP contribution in [0.2, 0.25) is 0 Å². The number of rotatable bonds is 9. The van der Waals surface area contributed by atoms with Crippen molar-refractivity contribution in [3.05, 3.63) is 58.1 Å². The first-order valence-corrected chi connectivity index (χ1v) is 11.9. The summed E-state index contributed by atoms with van der Waals surface area (Å²) in [4.78, 5) is 34.1. The van der Waals surface area contributed by atoms with E-state index >= 15 is 0 Å². The Balaban J connectivity index is 1.95. The van der Waals surface area contributed by atoms with E-state index in [1.54, 1.807) is 26.9 Å². The van der Waals surface area contributed by atoms with E-state index in [9.17, 15) is 9.59 Å². The van der Waals surface area contributed by atoms with Crippen LogP contribution in [0.5, 0.6) is 0 Å². The first-order chi connectivity index (χ1) is 14.0. The molecule has 0 aliphatic rings. The summed E-state index contributed by atoms with van der Waals surface area (Å²) in [5.41, 5.74) is 1.76. The van der Waals surface area contributed by atoms with E-state index in [-0.39, 0.29) is 17.2 Å². The molecule has 152 valence electrons. The largest absolute Gasteiger partial charge is 0.338 e. The summed E-state index contributed by atoms with van der Waals surface area (Å²) < 4.78 is 1.60. The maximum Gasteiger partial charge on any atom is 0.263 e. The molecule has 5 nitrogen and oxygen atoms in total. The number of likely N-dealkylation sites (N-methyl/N-ethyl adjacent to an activating group) is 1. The van der Waals surface area contributed by atoms with Gasteiger partial charge in [-0.2, -0.15) is 0 Å². The Hall–Kier alpha value is -2.16. The third-order valence-corrected chi connectivity index (χ3v) is 7.01. The molecule has 3 aromatic heterocycles. The van der Waals surface area contributed by atoms with Crippen molar-refractivity contribution in [2.24, 2.45) is 0 Å². The Bertz CT molecular complexity index is 1100. The standard InChI is InChI=1S/C21H23N3O2S3/c1-5-9-24-20(26)18-15(16-8-7-10-27-16)12-28-19(18)22-21(24)29-13-17(25)23(6-2)11-14(3)4/h5,7-8,10,12H,1,3,6,9,11,13H2,2,4H3. The van der Waals surface area contributed by atoms with Gasteiger partial charge in [-0.05, 0) is 25.3 Å². The number of hydrogen-bond acceptors (Lipinski definition) is 6. The molecule has 0 aromatic carbocycles. The van der Waals surface area contributed by atoms with Gasteiger partial charge in [-0.15, -0.1) is 29.3 Å². The van der Waals surface area contributed by atoms with E-state index in [4.69, 9.17) is 4.98 Å². The summed E-state index contributed by atoms with van der Waals surface area (Å²) in [6.45, 7) is 13.0. The zero-order chi connectivity index (χ0) is 21.0. The van der Waals surface area contributed by atoms with Crippen LogP contribution < -0.4 is 5.56 Å². The smallest absolute Gasteiger partial charge is 0.263 e. The molecule has 0 N–H and O–H groups in total. The van der Waals surface area contributed by atoms with Crippen molar-refractivity contribution in [2.45, 2.75) is 25.5 Å². The van der Waals surface area contributed by atoms with Crippen LogP contribution in [0.1, 0.15) is 13.8 Å². The fourth-order valence-corrected chi connectivity index (χ4v) is 5.65. The zero-order valence-corrected chi connectivity index (χ0v) is 19.0. The van der Waals surface area contributed by atoms with Crippen molar-refractivity contribution in [3.63, 3.8) is 0 Å². The van der Waals surface area contributed by atoms with Crippen LogP contribution in [0.3, 0.4) is 0 Å². The number of thioether (sulfide) groups is 1. The Morgan fingerprint density at radius 2 is 2.21 bits per heavy atom. The normalized spacial score (nSPS) is 11.0. The molecule has 29 heavy (non-hydrogen) atoms. The number of nitrogens with zero attached hydrogens (tertiary/aromatic N) is 3. The lowest BCUT2D eigenvalue weighted by molar-refractivity contribution is -0.127. The van der Waals surface area contributed by atoms with Crippen molar-refractivity contribution in [1.82, 2.24) is 14.5 Å². The van der Waals surface area contributed by atoms with Crippen LogP contribution in [0.15, 0.2) is 57.7 Å². The molecular formula is C21H23N3O2S3. The molecule has 0 bridgehead atoms. The van der Waals surface area contributed by atoms with Crippen molar-refractivity contribution >= 4 is 50.6 Å². The number of fused-ring (bicyclic) bond motifs is 1. The van der Waals surface area contributed by atoms with Gasteiger partial charge in [-0.25, -0.2) is 4.98 Å². The van der Waals surface area contributed by atoms with E-state index < -0.39 is 0 Å². The summed E-state index contributed by atoms with van der Waals surface area (Å²) in [6.07, 6.45) is 1.68. The quantitative estimate of drug-likeness (QED) is 0.267. The third kappa shape index (κ3) is 4.71. The van der Waals surface area contributed by atoms with Crippen molar-refractivity contribution in [3.8, 4) is 10.4 Å². The number of aromatic nitrogens is 2. The second kappa shape index (κ2) is 9.56. The van der Waals surface area contributed by atoms with Crippen molar-refractivity contribution < 1.29 is 4.79 Å². The average Bonchev–Trinajstić information content (AvgIpc) is 3.36. The molecule has 8 heteroatoms. The van der Waals surface area contributed by atoms with Crippen molar-refractivity contribution in [2.75, 3.05) is 18.8 Å². The minimum atomic E-state index is -0.0937. The molecule has 3 aromatic rings. The number of amides is 1. The number of carbonyl (C=O) groups excluding carboxylic acids is 1. The van der Waals surface area contributed by atoms with Gasteiger partial charge in [0.1, 0.15) is 4.83 Å². The summed E-state index contributed by atoms with van der Waals surface area (Å²) in [7, 11) is 0. The lowest BCUT2D eigenvalue weighted by atomic mass is 10.2. The van der Waals surface area contributed by atoms with Crippen LogP contribution in [-0.2, 0) is 11.3 Å². The van der Waals surface area contributed by atoms with Crippen LogP contribution in [0, 0.1) is 0 Å². The topological polar surface area (TPSA) is 55.2 Å². The lowest BCUT2D eigenvalue weighted by Crippen LogP contribution is -2.33. The number of thiophene rings is 2. The van der Waals surface area contributed by atoms with Gasteiger partial charge in [0, 0.05) is 35.5 Å². The Kier molecular flexibility index (Phi) is 7.10. The molecule has 0 aliphatic heterocycles. The summed E-state index contributed by atoms with van der Waals surface area (Å²) in [5, 5.41) is 5.15. The molecular weight excluding hydrogens is 422 g/mol. The van der Waals surface area contributed by atoms with Gasteiger partial charge in [0.25, 0.3) is 5.56 Å². The molecule has 3 heterocycles. The maximum absolute atomic E-state index is 13.3. The second-order valence-corrected chi connectivity index (χ2v) is 9.31. The Morgan fingerprint density at radius 1 is 1.41 bits per heavy atom. The molecule has 0 unspecified atom stereocenters. The zero-order valence-electron chi connectivity index (χ0n) is 16.5. The minimum absolute atomic E-state index is 0.00505. The first-order valence-electron chi connectivity index (χ1n) is 9.18. The van der Waals surface area contributed by atoms with E-state index in [2.05, 4.69) is 13.2 Å². The van der Waals surface area contributed by atoms with E-state index in [0.29, 0.717) is 35.0 Å². The van der Waals surface area contributed by atoms with Crippen LogP contribution in [0.4, 0.5) is 0 Å². The highest BCUT2D eigenvalue weighted by molar-refractivity contribution is 7.99. The predicted molar refractivity (Wildman–Crippen MR) is 125 cm³/mol. The lowest BCUT2D eigenvalue weighted by Gasteiger charge is -2.21. The Morgan fingerprint density at radius 3 is 2.83 bits per heavy atom. The fraction of sp³-hybridized carbons (Fsp3) is 0.286. The number of carbonyl (C=O) groups is 1. The molecule has 0 saturated carbocycles. The molecule has 0 spiro atoms.